The summed E-state index contributed by atoms with van der Waals surface area (Å²) in [5.41, 5.74) is -0.602. The molecule has 130 valence electrons. The minimum atomic E-state index is -0.670. The van der Waals surface area contributed by atoms with Crippen LogP contribution in [0.3, 0.4) is 0 Å². The molecule has 1 amide bonds. The molecule has 2 aliphatic carbocycles. The monoisotopic (exact) mass is 322 g/mol. The Hall–Kier alpha value is -1.10. The Morgan fingerprint density at radius 3 is 2.52 bits per heavy atom. The molecule has 3 fully saturated rings. The van der Waals surface area contributed by atoms with Gasteiger partial charge in [0.2, 0.25) is 5.91 Å². The molecule has 23 heavy (non-hydrogen) atoms. The molecule has 0 radical (unpaired) electrons. The van der Waals surface area contributed by atoms with Gasteiger partial charge in [0.05, 0.1) is 11.5 Å². The Morgan fingerprint density at radius 1 is 1.22 bits per heavy atom. The number of nitrogens with one attached hydrogen (secondary N) is 1. The second kappa shape index (κ2) is 6.42. The Labute approximate surface area is 138 Å². The van der Waals surface area contributed by atoms with E-state index in [4.69, 9.17) is 0 Å². The number of hydrogen-bond acceptors (Lipinski definition) is 3. The summed E-state index contributed by atoms with van der Waals surface area (Å²) in [5.74, 6) is 0.390. The van der Waals surface area contributed by atoms with Crippen LogP contribution in [0.5, 0.6) is 0 Å². The van der Waals surface area contributed by atoms with Crippen LogP contribution in [0.4, 0.5) is 0 Å². The Kier molecular flexibility index (Phi) is 4.68. The van der Waals surface area contributed by atoms with Crippen molar-refractivity contribution in [2.75, 3.05) is 13.1 Å². The molecule has 1 saturated heterocycles. The molecule has 1 unspecified atom stereocenters. The zero-order valence-corrected chi connectivity index (χ0v) is 14.4. The van der Waals surface area contributed by atoms with Crippen molar-refractivity contribution in [1.82, 2.24) is 10.2 Å². The van der Waals surface area contributed by atoms with Gasteiger partial charge in [-0.1, -0.05) is 13.3 Å². The summed E-state index contributed by atoms with van der Waals surface area (Å²) < 4.78 is 0. The van der Waals surface area contributed by atoms with Gasteiger partial charge in [-0.2, -0.15) is 0 Å². The van der Waals surface area contributed by atoms with E-state index in [9.17, 15) is 14.7 Å². The topological polar surface area (TPSA) is 69.6 Å². The highest BCUT2D eigenvalue weighted by Crippen LogP contribution is 2.49. The summed E-state index contributed by atoms with van der Waals surface area (Å²) in [4.78, 5) is 26.4. The smallest absolute Gasteiger partial charge is 0.311 e. The van der Waals surface area contributed by atoms with Crippen molar-refractivity contribution >= 4 is 11.9 Å². The van der Waals surface area contributed by atoms with Crippen LogP contribution in [-0.4, -0.2) is 47.1 Å². The van der Waals surface area contributed by atoms with Gasteiger partial charge in [-0.05, 0) is 57.3 Å². The van der Waals surface area contributed by atoms with Crippen molar-refractivity contribution < 1.29 is 14.7 Å². The Balaban J connectivity index is 1.57. The van der Waals surface area contributed by atoms with Gasteiger partial charge >= 0.3 is 5.97 Å². The molecule has 0 aromatic rings. The number of likely N-dealkylation sites (tertiary alicyclic amines) is 1. The normalized spacial score (nSPS) is 39.0. The lowest BCUT2D eigenvalue weighted by atomic mass is 9.81. The van der Waals surface area contributed by atoms with Crippen LogP contribution in [0, 0.1) is 17.3 Å². The maximum Gasteiger partial charge on any atom is 0.311 e. The summed E-state index contributed by atoms with van der Waals surface area (Å²) in [7, 11) is 0. The van der Waals surface area contributed by atoms with Gasteiger partial charge in [-0.3, -0.25) is 14.5 Å². The van der Waals surface area contributed by atoms with Gasteiger partial charge in [0.15, 0.2) is 0 Å². The molecule has 1 heterocycles. The number of carbonyl (C=O) groups excluding carboxylic acids is 1. The maximum atomic E-state index is 12.6. The highest BCUT2D eigenvalue weighted by molar-refractivity contribution is 5.82. The molecule has 0 aromatic carbocycles. The van der Waals surface area contributed by atoms with Crippen LogP contribution in [0.1, 0.15) is 58.8 Å². The summed E-state index contributed by atoms with van der Waals surface area (Å²) in [5, 5.41) is 12.9. The first-order valence-electron chi connectivity index (χ1n) is 9.20. The van der Waals surface area contributed by atoms with E-state index in [0.29, 0.717) is 12.6 Å². The van der Waals surface area contributed by atoms with Gasteiger partial charge < -0.3 is 10.4 Å². The van der Waals surface area contributed by atoms with Crippen molar-refractivity contribution in [3.05, 3.63) is 0 Å². The molecule has 3 aliphatic rings. The number of carboxylic acids is 1. The number of rotatable bonds is 4. The largest absolute Gasteiger partial charge is 0.481 e. The fourth-order valence-corrected chi connectivity index (χ4v) is 4.86. The van der Waals surface area contributed by atoms with Gasteiger partial charge in [-0.15, -0.1) is 0 Å². The number of nitrogens with zero attached hydrogens (tertiary/aromatic N) is 1. The lowest BCUT2D eigenvalue weighted by Crippen LogP contribution is -2.49. The van der Waals surface area contributed by atoms with Crippen molar-refractivity contribution in [2.24, 2.45) is 17.3 Å². The van der Waals surface area contributed by atoms with E-state index in [1.807, 2.05) is 6.92 Å². The quantitative estimate of drug-likeness (QED) is 0.833. The van der Waals surface area contributed by atoms with E-state index in [1.54, 1.807) is 0 Å². The molecular weight excluding hydrogens is 292 g/mol. The van der Waals surface area contributed by atoms with E-state index >= 15 is 0 Å². The standard InChI is InChI=1S/C18H30N2O3/c1-12-5-7-15(8-6-12)19-16(21)13(2)20-10-14-4-3-9-18(14,11-20)17(22)23/h12-15H,3-11H2,1-2H3,(H,19,21)(H,22,23)/t12?,13?,14-,15?,18+/m0/s1. The third kappa shape index (κ3) is 3.12. The van der Waals surface area contributed by atoms with E-state index in [1.165, 1.54) is 12.8 Å². The van der Waals surface area contributed by atoms with Crippen molar-refractivity contribution in [3.63, 3.8) is 0 Å². The highest BCUT2D eigenvalue weighted by atomic mass is 16.4. The Bertz CT molecular complexity index is 473. The molecule has 3 atom stereocenters. The van der Waals surface area contributed by atoms with Crippen LogP contribution < -0.4 is 5.32 Å². The SMILES string of the molecule is CC1CCC(NC(=O)C(C)N2C[C@@H]3CCC[C@@]3(C(=O)O)C2)CC1. The fourth-order valence-electron chi connectivity index (χ4n) is 4.86. The molecule has 3 rings (SSSR count). The van der Waals surface area contributed by atoms with Gasteiger partial charge in [0.1, 0.15) is 0 Å². The minimum absolute atomic E-state index is 0.0741. The number of amides is 1. The third-order valence-electron chi connectivity index (χ3n) is 6.61. The number of carbonyl (C=O) groups is 2. The zero-order valence-electron chi connectivity index (χ0n) is 14.4. The van der Waals surface area contributed by atoms with Crippen LogP contribution in [0.25, 0.3) is 0 Å². The average Bonchev–Trinajstić information content (AvgIpc) is 3.06. The highest BCUT2D eigenvalue weighted by Gasteiger charge is 2.55. The van der Waals surface area contributed by atoms with E-state index in [2.05, 4.69) is 17.1 Å². The van der Waals surface area contributed by atoms with Gasteiger partial charge in [-0.25, -0.2) is 0 Å². The second-order valence-electron chi connectivity index (χ2n) is 8.12. The van der Waals surface area contributed by atoms with Crippen molar-refractivity contribution in [3.8, 4) is 0 Å². The van der Waals surface area contributed by atoms with Crippen LogP contribution in [0.15, 0.2) is 0 Å². The summed E-state index contributed by atoms with van der Waals surface area (Å²) in [6.07, 6.45) is 7.27. The average molecular weight is 322 g/mol. The first-order valence-corrected chi connectivity index (χ1v) is 9.20. The second-order valence-corrected chi connectivity index (χ2v) is 8.12. The molecule has 2 N–H and O–H groups in total. The molecule has 5 heteroatoms. The van der Waals surface area contributed by atoms with Crippen molar-refractivity contribution in [1.29, 1.82) is 0 Å². The maximum absolute atomic E-state index is 12.6. The van der Waals surface area contributed by atoms with Crippen molar-refractivity contribution in [2.45, 2.75) is 70.9 Å². The first-order chi connectivity index (χ1) is 10.9. The number of fused-ring (bicyclic) bond motifs is 1. The number of hydrogen-bond donors (Lipinski definition) is 2. The number of aliphatic carboxylic acids is 1. The third-order valence-corrected chi connectivity index (χ3v) is 6.61. The lowest BCUT2D eigenvalue weighted by Gasteiger charge is -2.31. The van der Waals surface area contributed by atoms with E-state index in [0.717, 1.165) is 44.6 Å². The van der Waals surface area contributed by atoms with Crippen LogP contribution in [0.2, 0.25) is 0 Å². The number of carboxylic acid groups (broad SMARTS) is 1. The van der Waals surface area contributed by atoms with Gasteiger partial charge in [0.25, 0.3) is 0 Å². The molecule has 0 bridgehead atoms. The summed E-state index contributed by atoms with van der Waals surface area (Å²) in [6, 6.07) is 0.0767. The molecule has 0 spiro atoms. The molecule has 0 aromatic heterocycles. The molecular formula is C18H30N2O3. The van der Waals surface area contributed by atoms with E-state index in [-0.39, 0.29) is 17.9 Å². The minimum Gasteiger partial charge on any atom is -0.481 e. The zero-order chi connectivity index (χ0) is 16.6. The Morgan fingerprint density at radius 2 is 1.91 bits per heavy atom. The summed E-state index contributed by atoms with van der Waals surface area (Å²) >= 11 is 0. The summed E-state index contributed by atoms with van der Waals surface area (Å²) in [6.45, 7) is 5.48. The van der Waals surface area contributed by atoms with E-state index < -0.39 is 11.4 Å². The predicted octanol–water partition coefficient (Wildman–Crippen LogP) is 2.26. The molecule has 2 saturated carbocycles. The first kappa shape index (κ1) is 16.7. The fraction of sp³-hybridized carbons (Fsp3) is 0.889. The predicted molar refractivity (Wildman–Crippen MR) is 88.0 cm³/mol. The van der Waals surface area contributed by atoms with Crippen LogP contribution >= 0.6 is 0 Å². The lowest BCUT2D eigenvalue weighted by molar-refractivity contribution is -0.149. The van der Waals surface area contributed by atoms with Crippen LogP contribution in [-0.2, 0) is 9.59 Å². The molecule has 1 aliphatic heterocycles. The molecule has 5 nitrogen and oxygen atoms in total. The van der Waals surface area contributed by atoms with Gasteiger partial charge in [0, 0.05) is 19.1 Å².